The number of carbonyl (C=O) groups is 2. The smallest absolute Gasteiger partial charge is 0.251 e. The lowest BCUT2D eigenvalue weighted by Crippen LogP contribution is -2.42. The van der Waals surface area contributed by atoms with Crippen molar-refractivity contribution in [1.82, 2.24) is 15.6 Å². The van der Waals surface area contributed by atoms with Crippen molar-refractivity contribution in [2.24, 2.45) is 0 Å². The van der Waals surface area contributed by atoms with Gasteiger partial charge in [0.05, 0.1) is 11.9 Å². The molecule has 2 fully saturated rings. The highest BCUT2D eigenvalue weighted by atomic mass is 16.5. The summed E-state index contributed by atoms with van der Waals surface area (Å²) >= 11 is 0. The first-order valence-corrected chi connectivity index (χ1v) is 9.15. The molecule has 2 amide bonds. The van der Waals surface area contributed by atoms with Crippen LogP contribution in [0.3, 0.4) is 0 Å². The molecule has 2 aliphatic rings. The van der Waals surface area contributed by atoms with Crippen LogP contribution in [0.1, 0.15) is 36.5 Å². The van der Waals surface area contributed by atoms with Gasteiger partial charge in [-0.3, -0.25) is 9.59 Å². The summed E-state index contributed by atoms with van der Waals surface area (Å²) < 4.78 is 5.68. The topological polar surface area (TPSA) is 92.3 Å². The van der Waals surface area contributed by atoms with E-state index in [-0.39, 0.29) is 17.9 Å². The van der Waals surface area contributed by atoms with Crippen LogP contribution in [0, 0.1) is 0 Å². The number of benzene rings is 1. The van der Waals surface area contributed by atoms with Crippen molar-refractivity contribution >= 4 is 17.5 Å². The van der Waals surface area contributed by atoms with Crippen molar-refractivity contribution in [3.8, 4) is 11.6 Å². The van der Waals surface area contributed by atoms with E-state index in [1.54, 1.807) is 36.4 Å². The van der Waals surface area contributed by atoms with Gasteiger partial charge in [0.2, 0.25) is 11.8 Å². The zero-order valence-electron chi connectivity index (χ0n) is 15.1. The fourth-order valence-corrected chi connectivity index (χ4v) is 3.75. The van der Waals surface area contributed by atoms with E-state index < -0.39 is 0 Å². The molecule has 0 radical (unpaired) electrons. The van der Waals surface area contributed by atoms with Gasteiger partial charge in [-0.25, -0.2) is 4.98 Å². The zero-order valence-corrected chi connectivity index (χ0v) is 15.1. The molecule has 140 valence electrons. The van der Waals surface area contributed by atoms with E-state index >= 15 is 0 Å². The van der Waals surface area contributed by atoms with Crippen molar-refractivity contribution in [2.75, 3.05) is 5.32 Å². The lowest BCUT2D eigenvalue weighted by molar-refractivity contribution is -0.114. The Balaban J connectivity index is 1.34. The van der Waals surface area contributed by atoms with Gasteiger partial charge in [-0.15, -0.1) is 0 Å². The van der Waals surface area contributed by atoms with Crippen LogP contribution in [-0.4, -0.2) is 34.9 Å². The Kier molecular flexibility index (Phi) is 4.77. The van der Waals surface area contributed by atoms with Crippen LogP contribution in [0.4, 0.5) is 5.69 Å². The second-order valence-corrected chi connectivity index (χ2v) is 7.06. The summed E-state index contributed by atoms with van der Waals surface area (Å²) in [5.74, 6) is 0.793. The number of fused-ring (bicyclic) bond motifs is 2. The van der Waals surface area contributed by atoms with E-state index in [0.29, 0.717) is 35.0 Å². The van der Waals surface area contributed by atoms with E-state index in [9.17, 15) is 9.59 Å². The maximum atomic E-state index is 12.4. The first-order chi connectivity index (χ1) is 13.1. The lowest BCUT2D eigenvalue weighted by atomic mass is 9.95. The molecular weight excluding hydrogens is 344 g/mol. The Hall–Kier alpha value is -2.93. The molecule has 2 saturated heterocycles. The normalized spacial score (nSPS) is 23.1. The minimum absolute atomic E-state index is 0.0568. The number of hydrogen-bond donors (Lipinski definition) is 3. The van der Waals surface area contributed by atoms with Crippen LogP contribution in [0.15, 0.2) is 42.6 Å². The monoisotopic (exact) mass is 366 g/mol. The molecule has 0 spiro atoms. The summed E-state index contributed by atoms with van der Waals surface area (Å²) in [5, 5.41) is 9.30. The van der Waals surface area contributed by atoms with E-state index in [1.807, 2.05) is 0 Å². The van der Waals surface area contributed by atoms with Crippen molar-refractivity contribution in [1.29, 1.82) is 0 Å². The Bertz CT molecular complexity index is 835. The molecule has 7 nitrogen and oxygen atoms in total. The molecule has 3 atom stereocenters. The minimum Gasteiger partial charge on any atom is -0.439 e. The number of aromatic nitrogens is 1. The fourth-order valence-electron chi connectivity index (χ4n) is 3.75. The molecule has 3 heterocycles. The highest BCUT2D eigenvalue weighted by molar-refractivity contribution is 5.94. The maximum absolute atomic E-state index is 12.4. The van der Waals surface area contributed by atoms with E-state index in [0.717, 1.165) is 12.8 Å². The third-order valence-electron chi connectivity index (χ3n) is 5.01. The molecule has 3 N–H and O–H groups in total. The number of hydrogen-bond acceptors (Lipinski definition) is 5. The number of anilines is 1. The van der Waals surface area contributed by atoms with Crippen molar-refractivity contribution < 1.29 is 14.3 Å². The molecule has 2 bridgehead atoms. The number of pyridine rings is 1. The Labute approximate surface area is 157 Å². The van der Waals surface area contributed by atoms with Gasteiger partial charge < -0.3 is 20.7 Å². The van der Waals surface area contributed by atoms with Gasteiger partial charge in [0.25, 0.3) is 5.91 Å². The number of rotatable bonds is 5. The summed E-state index contributed by atoms with van der Waals surface area (Å²) in [6, 6.07) is 11.6. The number of nitrogens with one attached hydrogen (secondary N) is 3. The van der Waals surface area contributed by atoms with Crippen LogP contribution >= 0.6 is 0 Å². The van der Waals surface area contributed by atoms with E-state index in [2.05, 4.69) is 20.9 Å². The summed E-state index contributed by atoms with van der Waals surface area (Å²) in [6.45, 7) is 1.44. The second kappa shape index (κ2) is 7.36. The summed E-state index contributed by atoms with van der Waals surface area (Å²) in [7, 11) is 0. The van der Waals surface area contributed by atoms with Gasteiger partial charge in [-0.05, 0) is 49.6 Å². The van der Waals surface area contributed by atoms with Crippen LogP contribution in [0.25, 0.3) is 0 Å². The van der Waals surface area contributed by atoms with Gasteiger partial charge in [0, 0.05) is 36.7 Å². The third kappa shape index (κ3) is 4.09. The summed E-state index contributed by atoms with van der Waals surface area (Å²) in [6.07, 6.45) is 4.89. The predicted octanol–water partition coefficient (Wildman–Crippen LogP) is 2.46. The minimum atomic E-state index is -0.152. The maximum Gasteiger partial charge on any atom is 0.251 e. The number of carbonyl (C=O) groups excluding carboxylic acids is 2. The quantitative estimate of drug-likeness (QED) is 0.756. The SMILES string of the molecule is CC(=O)Nc1ccc(Oc2ccc(C(=O)NC3CC4CCC3N4)cc2)nc1. The van der Waals surface area contributed by atoms with Gasteiger partial charge in [0.15, 0.2) is 0 Å². The Morgan fingerprint density at radius 2 is 1.96 bits per heavy atom. The standard InChI is InChI=1S/C20H22N4O3/c1-12(25)22-15-5-9-19(21-11-15)27-16-6-2-13(3-7-16)20(26)24-18-10-14-4-8-17(18)23-14/h2-3,5-7,9,11,14,17-18,23H,4,8,10H2,1H3,(H,22,25)(H,24,26). The molecule has 2 aliphatic heterocycles. The number of ether oxygens (including phenoxy) is 1. The first kappa shape index (κ1) is 17.5. The highest BCUT2D eigenvalue weighted by Crippen LogP contribution is 2.28. The predicted molar refractivity (Wildman–Crippen MR) is 101 cm³/mol. The summed E-state index contributed by atoms with van der Waals surface area (Å²) in [4.78, 5) is 27.6. The number of amides is 2. The highest BCUT2D eigenvalue weighted by Gasteiger charge is 2.39. The molecule has 1 aromatic carbocycles. The van der Waals surface area contributed by atoms with Gasteiger partial charge in [-0.1, -0.05) is 0 Å². The average molecular weight is 366 g/mol. The average Bonchev–Trinajstić information content (AvgIpc) is 3.26. The van der Waals surface area contributed by atoms with Crippen LogP contribution in [0.2, 0.25) is 0 Å². The van der Waals surface area contributed by atoms with Crippen molar-refractivity contribution in [3.05, 3.63) is 48.2 Å². The van der Waals surface area contributed by atoms with Gasteiger partial charge >= 0.3 is 0 Å². The lowest BCUT2D eigenvalue weighted by Gasteiger charge is -2.21. The van der Waals surface area contributed by atoms with Gasteiger partial charge in [0.1, 0.15) is 5.75 Å². The van der Waals surface area contributed by atoms with Crippen molar-refractivity contribution in [2.45, 2.75) is 44.3 Å². The van der Waals surface area contributed by atoms with Crippen molar-refractivity contribution in [3.63, 3.8) is 0 Å². The largest absolute Gasteiger partial charge is 0.439 e. The molecule has 4 rings (SSSR count). The third-order valence-corrected chi connectivity index (χ3v) is 5.01. The Morgan fingerprint density at radius 3 is 2.56 bits per heavy atom. The molecule has 3 unspecified atom stereocenters. The molecule has 7 heteroatoms. The molecule has 27 heavy (non-hydrogen) atoms. The fraction of sp³-hybridized carbons (Fsp3) is 0.350. The van der Waals surface area contributed by atoms with Gasteiger partial charge in [-0.2, -0.15) is 0 Å². The van der Waals surface area contributed by atoms with Crippen LogP contribution in [-0.2, 0) is 4.79 Å². The van der Waals surface area contributed by atoms with Crippen LogP contribution in [0.5, 0.6) is 11.6 Å². The number of nitrogens with zero attached hydrogens (tertiary/aromatic N) is 1. The molecule has 1 aromatic heterocycles. The zero-order chi connectivity index (χ0) is 18.8. The van der Waals surface area contributed by atoms with E-state index in [4.69, 9.17) is 4.74 Å². The Morgan fingerprint density at radius 1 is 1.15 bits per heavy atom. The second-order valence-electron chi connectivity index (χ2n) is 7.06. The molecule has 2 aromatic rings. The van der Waals surface area contributed by atoms with E-state index in [1.165, 1.54) is 19.5 Å². The molecule has 0 aliphatic carbocycles. The molecule has 0 saturated carbocycles. The first-order valence-electron chi connectivity index (χ1n) is 9.15. The molecular formula is C20H22N4O3. The van der Waals surface area contributed by atoms with Crippen LogP contribution < -0.4 is 20.7 Å². The summed E-state index contributed by atoms with van der Waals surface area (Å²) in [5.41, 5.74) is 1.22.